The molecule has 0 bridgehead atoms. The molecule has 4 amide bonds. The summed E-state index contributed by atoms with van der Waals surface area (Å²) in [6, 6.07) is 14.5. The zero-order chi connectivity index (χ0) is 24.4. The number of amides is 4. The second-order valence-electron chi connectivity index (χ2n) is 8.82. The molecule has 0 radical (unpaired) electrons. The topological polar surface area (TPSA) is 82.6 Å². The second-order valence-corrected chi connectivity index (χ2v) is 9.85. The van der Waals surface area contributed by atoms with Crippen LogP contribution < -0.4 is 5.32 Å². The number of nitrogens with one attached hydrogen (secondary N) is 1. The van der Waals surface area contributed by atoms with E-state index in [1.54, 1.807) is 46.7 Å². The van der Waals surface area contributed by atoms with Gasteiger partial charge in [0.2, 0.25) is 0 Å². The van der Waals surface area contributed by atoms with Gasteiger partial charge in [-0.25, -0.2) is 9.18 Å². The van der Waals surface area contributed by atoms with Crippen LogP contribution in [0.5, 0.6) is 0 Å². The van der Waals surface area contributed by atoms with Gasteiger partial charge in [0, 0.05) is 42.2 Å². The van der Waals surface area contributed by atoms with Gasteiger partial charge in [0.25, 0.3) is 11.8 Å². The molecule has 2 aliphatic heterocycles. The number of benzene rings is 1. The van der Waals surface area contributed by atoms with Crippen LogP contribution in [0.15, 0.2) is 66.2 Å². The maximum absolute atomic E-state index is 13.9. The Kier molecular flexibility index (Phi) is 6.34. The highest BCUT2D eigenvalue weighted by atomic mass is 32.1. The average Bonchev–Trinajstić information content (AvgIpc) is 3.49. The Hall–Kier alpha value is -3.59. The first-order valence-electron chi connectivity index (χ1n) is 11.6. The molecular formula is C26H25FN4O3S. The summed E-state index contributed by atoms with van der Waals surface area (Å²) < 4.78 is 13.6. The lowest BCUT2D eigenvalue weighted by molar-refractivity contribution is -0.134. The molecule has 9 heteroatoms. The largest absolute Gasteiger partial charge is 0.339 e. The number of carbonyl (C=O) groups excluding carboxylic acids is 3. The first-order chi connectivity index (χ1) is 17.0. The molecule has 2 aliphatic rings. The number of rotatable bonds is 6. The fourth-order valence-electron chi connectivity index (χ4n) is 5.05. The number of pyridine rings is 1. The van der Waals surface area contributed by atoms with Gasteiger partial charge in [0.05, 0.1) is 5.69 Å². The number of carbonyl (C=O) groups is 3. The van der Waals surface area contributed by atoms with E-state index in [0.29, 0.717) is 43.6 Å². The minimum Gasteiger partial charge on any atom is -0.339 e. The third-order valence-corrected chi connectivity index (χ3v) is 7.76. The first-order valence-corrected chi connectivity index (χ1v) is 12.5. The third-order valence-electron chi connectivity index (χ3n) is 6.83. The Labute approximate surface area is 206 Å². The molecule has 3 aromatic rings. The fraction of sp³-hybridized carbons (Fsp3) is 0.308. The van der Waals surface area contributed by atoms with Crippen molar-refractivity contribution in [2.45, 2.75) is 24.8 Å². The lowest BCUT2D eigenvalue weighted by Gasteiger charge is -2.40. The van der Waals surface area contributed by atoms with Gasteiger partial charge in [0.15, 0.2) is 5.54 Å². The summed E-state index contributed by atoms with van der Waals surface area (Å²) in [5, 5.41) is 4.96. The molecule has 7 nitrogen and oxygen atoms in total. The average molecular weight is 493 g/mol. The number of hydrogen-bond acceptors (Lipinski definition) is 5. The number of nitrogens with zero attached hydrogens (tertiary/aromatic N) is 3. The molecule has 1 aromatic carbocycles. The zero-order valence-electron chi connectivity index (χ0n) is 19.0. The quantitative estimate of drug-likeness (QED) is 0.531. The van der Waals surface area contributed by atoms with Crippen LogP contribution in [0, 0.1) is 11.7 Å². The highest BCUT2D eigenvalue weighted by Crippen LogP contribution is 2.41. The van der Waals surface area contributed by atoms with Gasteiger partial charge >= 0.3 is 6.03 Å². The molecule has 1 unspecified atom stereocenters. The van der Waals surface area contributed by atoms with Gasteiger partial charge in [-0.3, -0.25) is 19.5 Å². The molecule has 0 aliphatic carbocycles. The van der Waals surface area contributed by atoms with Crippen molar-refractivity contribution in [1.29, 1.82) is 0 Å². The van der Waals surface area contributed by atoms with Crippen LogP contribution >= 0.6 is 11.3 Å². The minimum absolute atomic E-state index is 0.239. The van der Waals surface area contributed by atoms with Crippen molar-refractivity contribution in [3.63, 3.8) is 0 Å². The molecule has 2 saturated heterocycles. The van der Waals surface area contributed by atoms with Gasteiger partial charge in [-0.05, 0) is 61.0 Å². The van der Waals surface area contributed by atoms with E-state index < -0.39 is 17.4 Å². The van der Waals surface area contributed by atoms with Gasteiger partial charge in [0.1, 0.15) is 5.82 Å². The van der Waals surface area contributed by atoms with Crippen LogP contribution in [-0.4, -0.2) is 52.3 Å². The summed E-state index contributed by atoms with van der Waals surface area (Å²) in [7, 11) is 0. The highest BCUT2D eigenvalue weighted by Gasteiger charge is 2.58. The van der Waals surface area contributed by atoms with Crippen molar-refractivity contribution in [2.24, 2.45) is 5.92 Å². The minimum atomic E-state index is -1.28. The Bertz CT molecular complexity index is 1230. The number of thiophene rings is 1. The van der Waals surface area contributed by atoms with Crippen molar-refractivity contribution < 1.29 is 18.8 Å². The van der Waals surface area contributed by atoms with Gasteiger partial charge in [-0.15, -0.1) is 11.3 Å². The summed E-state index contributed by atoms with van der Waals surface area (Å²) in [6.45, 7) is 1.08. The molecule has 0 spiro atoms. The van der Waals surface area contributed by atoms with Crippen LogP contribution in [0.2, 0.25) is 0 Å². The van der Waals surface area contributed by atoms with Gasteiger partial charge < -0.3 is 10.2 Å². The van der Waals surface area contributed by atoms with E-state index in [1.807, 2.05) is 17.5 Å². The predicted molar refractivity (Wildman–Crippen MR) is 129 cm³/mol. The Morgan fingerprint density at radius 3 is 2.63 bits per heavy atom. The molecule has 35 heavy (non-hydrogen) atoms. The Balaban J connectivity index is 1.37. The zero-order valence-corrected chi connectivity index (χ0v) is 19.8. The van der Waals surface area contributed by atoms with E-state index >= 15 is 0 Å². The molecule has 1 N–H and O–H groups in total. The molecule has 5 rings (SSSR count). The van der Waals surface area contributed by atoms with Crippen LogP contribution in [0.25, 0.3) is 0 Å². The van der Waals surface area contributed by atoms with Crippen molar-refractivity contribution in [1.82, 2.24) is 20.1 Å². The van der Waals surface area contributed by atoms with Crippen molar-refractivity contribution in [3.8, 4) is 0 Å². The van der Waals surface area contributed by atoms with E-state index in [9.17, 15) is 18.8 Å². The van der Waals surface area contributed by atoms with E-state index in [-0.39, 0.29) is 24.3 Å². The van der Waals surface area contributed by atoms with E-state index in [2.05, 4.69) is 10.3 Å². The van der Waals surface area contributed by atoms with Crippen LogP contribution in [0.1, 0.15) is 33.8 Å². The molecule has 4 heterocycles. The highest BCUT2D eigenvalue weighted by molar-refractivity contribution is 7.09. The number of likely N-dealkylation sites (tertiary alicyclic amines) is 1. The second kappa shape index (κ2) is 9.58. The van der Waals surface area contributed by atoms with E-state index in [0.717, 1.165) is 4.88 Å². The van der Waals surface area contributed by atoms with E-state index in [4.69, 9.17) is 0 Å². The summed E-state index contributed by atoms with van der Waals surface area (Å²) in [4.78, 5) is 48.3. The lowest BCUT2D eigenvalue weighted by Crippen LogP contribution is -2.54. The van der Waals surface area contributed by atoms with Crippen LogP contribution in [0.3, 0.4) is 0 Å². The van der Waals surface area contributed by atoms with Gasteiger partial charge in [-0.1, -0.05) is 18.2 Å². The number of halogens is 1. The van der Waals surface area contributed by atoms with E-state index in [1.165, 1.54) is 23.1 Å². The fourth-order valence-corrected chi connectivity index (χ4v) is 5.75. The lowest BCUT2D eigenvalue weighted by atomic mass is 9.75. The number of aromatic nitrogens is 1. The summed E-state index contributed by atoms with van der Waals surface area (Å²) in [5.74, 6) is -1.24. The van der Waals surface area contributed by atoms with Crippen LogP contribution in [-0.2, 0) is 16.8 Å². The number of piperidine rings is 1. The summed E-state index contributed by atoms with van der Waals surface area (Å²) >= 11 is 1.59. The van der Waals surface area contributed by atoms with Gasteiger partial charge in [-0.2, -0.15) is 0 Å². The number of hydrogen-bond donors (Lipinski definition) is 1. The molecule has 0 saturated carbocycles. The maximum Gasteiger partial charge on any atom is 0.325 e. The maximum atomic E-state index is 13.9. The molecule has 1 atom stereocenters. The summed E-state index contributed by atoms with van der Waals surface area (Å²) in [5.41, 5.74) is -0.471. The molecule has 2 fully saturated rings. The first kappa shape index (κ1) is 23.2. The van der Waals surface area contributed by atoms with Crippen LogP contribution in [0.4, 0.5) is 9.18 Å². The molecule has 180 valence electrons. The normalized spacial score (nSPS) is 20.8. The molecular weight excluding hydrogens is 467 g/mol. The third kappa shape index (κ3) is 4.32. The SMILES string of the molecule is O=C(c1cccc(F)c1)N1CCC(C2(c3ccccn3)NC(=O)N(CCc3cccs3)C2=O)CC1. The monoisotopic (exact) mass is 492 g/mol. The van der Waals surface area contributed by atoms with Crippen molar-refractivity contribution in [3.05, 3.63) is 88.1 Å². The Morgan fingerprint density at radius 2 is 1.94 bits per heavy atom. The smallest absolute Gasteiger partial charge is 0.325 e. The number of urea groups is 1. The standard InChI is InChI=1S/C26H25FN4O3S/c27-20-6-3-5-18(17-20)23(32)30-13-9-19(10-14-30)26(22-8-1-2-12-28-22)24(33)31(25(34)29-26)15-11-21-7-4-16-35-21/h1-8,12,16-17,19H,9-11,13-15H2,(H,29,34). The van der Waals surface area contributed by atoms with Crippen molar-refractivity contribution in [2.75, 3.05) is 19.6 Å². The number of imide groups is 1. The Morgan fingerprint density at radius 1 is 1.11 bits per heavy atom. The van der Waals surface area contributed by atoms with Crippen molar-refractivity contribution >= 4 is 29.2 Å². The predicted octanol–water partition coefficient (Wildman–Crippen LogP) is 3.82. The molecule has 2 aromatic heterocycles. The summed E-state index contributed by atoms with van der Waals surface area (Å²) in [6.07, 6.45) is 3.22.